The summed E-state index contributed by atoms with van der Waals surface area (Å²) >= 11 is 0. The molecule has 3 amide bonds. The van der Waals surface area contributed by atoms with Gasteiger partial charge in [-0.3, -0.25) is 14.6 Å². The molecular formula is C30H28N6O4. The molecule has 4 N–H and O–H groups in total. The summed E-state index contributed by atoms with van der Waals surface area (Å²) in [5, 5.41) is 6.06. The summed E-state index contributed by atoms with van der Waals surface area (Å²) in [4.78, 5) is 46.0. The lowest BCUT2D eigenvalue weighted by Gasteiger charge is -2.16. The number of nitrogens with one attached hydrogen (secondary N) is 2. The quantitative estimate of drug-likeness (QED) is 0.272. The van der Waals surface area contributed by atoms with E-state index in [-0.39, 0.29) is 18.2 Å². The van der Waals surface area contributed by atoms with Gasteiger partial charge in [0.1, 0.15) is 11.6 Å². The van der Waals surface area contributed by atoms with Crippen LogP contribution in [0.4, 0.5) is 27.7 Å². The fourth-order valence-corrected chi connectivity index (χ4v) is 4.48. The minimum atomic E-state index is -0.885. The second-order valence-corrected chi connectivity index (χ2v) is 9.33. The third-order valence-electron chi connectivity index (χ3n) is 6.40. The summed E-state index contributed by atoms with van der Waals surface area (Å²) in [6.07, 6.45) is 6.31. The van der Waals surface area contributed by atoms with Gasteiger partial charge >= 0.3 is 6.09 Å². The molecule has 1 fully saturated rings. The van der Waals surface area contributed by atoms with Crippen LogP contribution in [-0.4, -0.2) is 34.4 Å². The molecule has 1 aliphatic heterocycles. The molecule has 0 saturated carbocycles. The Morgan fingerprint density at radius 3 is 2.48 bits per heavy atom. The highest BCUT2D eigenvalue weighted by Gasteiger charge is 2.21. The van der Waals surface area contributed by atoms with Crippen molar-refractivity contribution in [3.05, 3.63) is 90.9 Å². The average Bonchev–Trinajstić information content (AvgIpc) is 3.38. The molecule has 4 aromatic rings. The number of hydrogen-bond acceptors (Lipinski definition) is 7. The van der Waals surface area contributed by atoms with Gasteiger partial charge in [-0.15, -0.1) is 0 Å². The number of carbonyl (C=O) groups is 3. The van der Waals surface area contributed by atoms with Crippen molar-refractivity contribution in [2.45, 2.75) is 25.7 Å². The predicted molar refractivity (Wildman–Crippen MR) is 152 cm³/mol. The van der Waals surface area contributed by atoms with Crippen molar-refractivity contribution >= 4 is 40.8 Å². The zero-order valence-corrected chi connectivity index (χ0v) is 21.7. The Balaban J connectivity index is 1.15. The van der Waals surface area contributed by atoms with Crippen LogP contribution in [0.1, 0.15) is 24.8 Å². The van der Waals surface area contributed by atoms with E-state index in [1.54, 1.807) is 42.9 Å². The van der Waals surface area contributed by atoms with Crippen LogP contribution in [-0.2, 0) is 16.0 Å². The third kappa shape index (κ3) is 6.79. The van der Waals surface area contributed by atoms with Gasteiger partial charge in [0.05, 0.1) is 23.8 Å². The van der Waals surface area contributed by atoms with Crippen LogP contribution in [0.25, 0.3) is 11.1 Å². The fourth-order valence-electron chi connectivity index (χ4n) is 4.48. The lowest BCUT2D eigenvalue weighted by atomic mass is 10.1. The first-order valence-electron chi connectivity index (χ1n) is 12.9. The number of primary amides is 1. The van der Waals surface area contributed by atoms with Crippen LogP contribution in [0.15, 0.2) is 85.3 Å². The molecule has 3 heterocycles. The Kier molecular flexibility index (Phi) is 7.96. The SMILES string of the molecule is NC(=O)Oc1cccc(CCC(=O)Nc2cncc(Nc3ccc(-c4ccc(N5CCCC5=O)cc4)cn3)c2)c1. The molecular weight excluding hydrogens is 508 g/mol. The zero-order valence-electron chi connectivity index (χ0n) is 21.7. The molecule has 0 radical (unpaired) electrons. The summed E-state index contributed by atoms with van der Waals surface area (Å²) in [7, 11) is 0. The molecule has 1 aliphatic rings. The minimum absolute atomic E-state index is 0.169. The summed E-state index contributed by atoms with van der Waals surface area (Å²) in [5.41, 5.74) is 10.00. The molecule has 0 bridgehead atoms. The Bertz CT molecular complexity index is 1520. The number of aryl methyl sites for hydroxylation is 1. The summed E-state index contributed by atoms with van der Waals surface area (Å²) < 4.78 is 4.88. The second kappa shape index (κ2) is 12.1. The number of rotatable bonds is 9. The lowest BCUT2D eigenvalue weighted by Crippen LogP contribution is -2.23. The highest BCUT2D eigenvalue weighted by atomic mass is 16.5. The molecule has 2 aromatic carbocycles. The van der Waals surface area contributed by atoms with Gasteiger partial charge in [0, 0.05) is 36.8 Å². The van der Waals surface area contributed by atoms with E-state index < -0.39 is 6.09 Å². The van der Waals surface area contributed by atoms with Gasteiger partial charge in [-0.05, 0) is 66.4 Å². The highest BCUT2D eigenvalue weighted by molar-refractivity contribution is 5.95. The number of ether oxygens (including phenoxy) is 1. The van der Waals surface area contributed by atoms with E-state index in [0.29, 0.717) is 35.8 Å². The van der Waals surface area contributed by atoms with Crippen LogP contribution in [0, 0.1) is 0 Å². The van der Waals surface area contributed by atoms with Crippen molar-refractivity contribution in [1.82, 2.24) is 9.97 Å². The number of anilines is 4. The highest BCUT2D eigenvalue weighted by Crippen LogP contribution is 2.27. The maximum atomic E-state index is 12.5. The Hall–Kier alpha value is -5.25. The van der Waals surface area contributed by atoms with Crippen LogP contribution in [0.5, 0.6) is 5.75 Å². The predicted octanol–water partition coefficient (Wildman–Crippen LogP) is 5.04. The molecule has 1 saturated heterocycles. The minimum Gasteiger partial charge on any atom is -0.410 e. The van der Waals surface area contributed by atoms with E-state index in [0.717, 1.165) is 35.3 Å². The fraction of sp³-hybridized carbons (Fsp3) is 0.167. The number of carbonyl (C=O) groups excluding carboxylic acids is 3. The molecule has 0 atom stereocenters. The van der Waals surface area contributed by atoms with E-state index in [4.69, 9.17) is 10.5 Å². The summed E-state index contributed by atoms with van der Waals surface area (Å²) in [6.45, 7) is 0.768. The van der Waals surface area contributed by atoms with Gasteiger partial charge in [-0.1, -0.05) is 24.3 Å². The van der Waals surface area contributed by atoms with Crippen molar-refractivity contribution < 1.29 is 19.1 Å². The number of aromatic nitrogens is 2. The van der Waals surface area contributed by atoms with Crippen molar-refractivity contribution in [3.63, 3.8) is 0 Å². The number of benzene rings is 2. The Morgan fingerprint density at radius 1 is 0.950 bits per heavy atom. The molecule has 0 spiro atoms. The van der Waals surface area contributed by atoms with E-state index in [9.17, 15) is 14.4 Å². The molecule has 5 rings (SSSR count). The molecule has 10 heteroatoms. The molecule has 0 aliphatic carbocycles. The Labute approximate surface area is 231 Å². The van der Waals surface area contributed by atoms with Crippen LogP contribution in [0.2, 0.25) is 0 Å². The summed E-state index contributed by atoms with van der Waals surface area (Å²) in [5.74, 6) is 0.958. The molecule has 2 aromatic heterocycles. The van der Waals surface area contributed by atoms with E-state index >= 15 is 0 Å². The second-order valence-electron chi connectivity index (χ2n) is 9.33. The first-order chi connectivity index (χ1) is 19.4. The molecule has 10 nitrogen and oxygen atoms in total. The monoisotopic (exact) mass is 536 g/mol. The Morgan fingerprint density at radius 2 is 1.75 bits per heavy atom. The number of pyridine rings is 2. The largest absolute Gasteiger partial charge is 0.410 e. The van der Waals surface area contributed by atoms with Gasteiger partial charge in [-0.2, -0.15) is 0 Å². The first-order valence-corrected chi connectivity index (χ1v) is 12.9. The van der Waals surface area contributed by atoms with Crippen molar-refractivity contribution in [1.29, 1.82) is 0 Å². The molecule has 40 heavy (non-hydrogen) atoms. The number of nitrogens with zero attached hydrogens (tertiary/aromatic N) is 3. The van der Waals surface area contributed by atoms with Gasteiger partial charge in [0.25, 0.3) is 0 Å². The number of nitrogens with two attached hydrogens (primary N) is 1. The van der Waals surface area contributed by atoms with E-state index in [2.05, 4.69) is 20.6 Å². The van der Waals surface area contributed by atoms with Crippen LogP contribution >= 0.6 is 0 Å². The van der Waals surface area contributed by atoms with E-state index in [1.165, 1.54) is 0 Å². The van der Waals surface area contributed by atoms with Crippen molar-refractivity contribution in [3.8, 4) is 16.9 Å². The van der Waals surface area contributed by atoms with E-state index in [1.807, 2.05) is 47.4 Å². The normalized spacial score (nSPS) is 12.7. The van der Waals surface area contributed by atoms with Crippen molar-refractivity contribution in [2.75, 3.05) is 22.1 Å². The maximum Gasteiger partial charge on any atom is 0.409 e. The third-order valence-corrected chi connectivity index (χ3v) is 6.40. The van der Waals surface area contributed by atoms with Gasteiger partial charge < -0.3 is 26.0 Å². The lowest BCUT2D eigenvalue weighted by molar-refractivity contribution is -0.117. The van der Waals surface area contributed by atoms with Gasteiger partial charge in [0.2, 0.25) is 11.8 Å². The van der Waals surface area contributed by atoms with Crippen LogP contribution in [0.3, 0.4) is 0 Å². The standard InChI is InChI=1S/C30H28N6O4/c31-30(39)40-26-4-1-3-20(15-26)6-13-28(37)35-24-16-23(18-32-19-24)34-27-12-9-22(17-33-27)21-7-10-25(11-8-21)36-14-2-5-29(36)38/h1,3-4,7-12,15-19H,2,5-6,13-14H2,(H2,31,39)(H,33,34)(H,35,37). The van der Waals surface area contributed by atoms with Gasteiger partial charge in [-0.25, -0.2) is 9.78 Å². The zero-order chi connectivity index (χ0) is 27.9. The summed E-state index contributed by atoms with van der Waals surface area (Å²) in [6, 6.07) is 20.4. The number of amides is 3. The van der Waals surface area contributed by atoms with Crippen molar-refractivity contribution in [2.24, 2.45) is 5.73 Å². The maximum absolute atomic E-state index is 12.5. The molecule has 202 valence electrons. The number of hydrogen-bond donors (Lipinski definition) is 3. The first kappa shape index (κ1) is 26.4. The topological polar surface area (TPSA) is 140 Å². The average molecular weight is 537 g/mol. The van der Waals surface area contributed by atoms with Gasteiger partial charge in [0.15, 0.2) is 0 Å². The molecule has 0 unspecified atom stereocenters. The van der Waals surface area contributed by atoms with Crippen LogP contribution < -0.4 is 26.0 Å². The smallest absolute Gasteiger partial charge is 0.409 e.